The molecule has 25 heavy (non-hydrogen) atoms. The Labute approximate surface area is 147 Å². The van der Waals surface area contributed by atoms with Gasteiger partial charge in [0.15, 0.2) is 0 Å². The third-order valence-electron chi connectivity index (χ3n) is 5.34. The average molecular weight is 353 g/mol. The lowest BCUT2D eigenvalue weighted by Gasteiger charge is -2.38. The molecular weight excluding hydrogens is 326 g/mol. The summed E-state index contributed by atoms with van der Waals surface area (Å²) in [6.45, 7) is 4.17. The summed E-state index contributed by atoms with van der Waals surface area (Å²) in [7, 11) is 0. The van der Waals surface area contributed by atoms with Crippen LogP contribution in [0, 0.1) is 5.92 Å². The minimum absolute atomic E-state index is 0.0759. The summed E-state index contributed by atoms with van der Waals surface area (Å²) in [6.07, 6.45) is 3.02. The third-order valence-corrected chi connectivity index (χ3v) is 5.34. The van der Waals surface area contributed by atoms with Crippen molar-refractivity contribution in [1.29, 1.82) is 0 Å². The molecule has 1 atom stereocenters. The highest BCUT2D eigenvalue weighted by atomic mass is 16.5. The van der Waals surface area contributed by atoms with Crippen LogP contribution in [0.2, 0.25) is 0 Å². The standard InChI is InChI=1S/C17H27N3O5/c21-15(22)11-14-12-20(9-10-25-14)16(23)13-3-7-19(8-4-13)17(24)18-5-1-2-6-18/h13-14H,1-12H2,(H,21,22). The number of amides is 3. The lowest BCUT2D eigenvalue weighted by atomic mass is 9.95. The van der Waals surface area contributed by atoms with Gasteiger partial charge in [-0.15, -0.1) is 0 Å². The quantitative estimate of drug-likeness (QED) is 0.803. The van der Waals surface area contributed by atoms with Crippen molar-refractivity contribution >= 4 is 17.9 Å². The summed E-state index contributed by atoms with van der Waals surface area (Å²) in [6, 6.07) is 0.108. The van der Waals surface area contributed by atoms with Gasteiger partial charge in [0, 0.05) is 45.2 Å². The number of carbonyl (C=O) groups excluding carboxylic acids is 2. The number of carboxylic acid groups (broad SMARTS) is 1. The Balaban J connectivity index is 1.47. The predicted molar refractivity (Wildman–Crippen MR) is 89.1 cm³/mol. The van der Waals surface area contributed by atoms with E-state index in [0.717, 1.165) is 25.9 Å². The van der Waals surface area contributed by atoms with Crippen LogP contribution < -0.4 is 0 Å². The van der Waals surface area contributed by atoms with Crippen LogP contribution in [-0.4, -0.2) is 89.7 Å². The van der Waals surface area contributed by atoms with Crippen molar-refractivity contribution in [1.82, 2.24) is 14.7 Å². The number of rotatable bonds is 3. The van der Waals surface area contributed by atoms with E-state index in [-0.39, 0.29) is 24.3 Å². The van der Waals surface area contributed by atoms with Crippen molar-refractivity contribution in [2.45, 2.75) is 38.2 Å². The molecule has 0 saturated carbocycles. The topological polar surface area (TPSA) is 90.4 Å². The molecule has 3 heterocycles. The van der Waals surface area contributed by atoms with E-state index in [9.17, 15) is 14.4 Å². The molecule has 8 nitrogen and oxygen atoms in total. The number of hydrogen-bond acceptors (Lipinski definition) is 4. The fraction of sp³-hybridized carbons (Fsp3) is 0.824. The van der Waals surface area contributed by atoms with E-state index in [0.29, 0.717) is 45.6 Å². The highest BCUT2D eigenvalue weighted by Crippen LogP contribution is 2.23. The Morgan fingerprint density at radius 1 is 0.920 bits per heavy atom. The first-order valence-electron chi connectivity index (χ1n) is 9.20. The van der Waals surface area contributed by atoms with Crippen molar-refractivity contribution in [3.05, 3.63) is 0 Å². The molecule has 3 aliphatic heterocycles. The second-order valence-corrected chi connectivity index (χ2v) is 7.11. The highest BCUT2D eigenvalue weighted by molar-refractivity contribution is 5.80. The van der Waals surface area contributed by atoms with Crippen LogP contribution in [0.15, 0.2) is 0 Å². The second-order valence-electron chi connectivity index (χ2n) is 7.11. The number of carboxylic acids is 1. The molecule has 0 aliphatic carbocycles. The van der Waals surface area contributed by atoms with Gasteiger partial charge in [0.25, 0.3) is 0 Å². The van der Waals surface area contributed by atoms with Gasteiger partial charge in [-0.25, -0.2) is 4.79 Å². The van der Waals surface area contributed by atoms with Crippen LogP contribution in [0.5, 0.6) is 0 Å². The average Bonchev–Trinajstić information content (AvgIpc) is 3.15. The molecule has 3 fully saturated rings. The number of nitrogens with zero attached hydrogens (tertiary/aromatic N) is 3. The van der Waals surface area contributed by atoms with Gasteiger partial charge in [-0.3, -0.25) is 9.59 Å². The summed E-state index contributed by atoms with van der Waals surface area (Å²) < 4.78 is 5.43. The Bertz CT molecular complexity index is 512. The van der Waals surface area contributed by atoms with Crippen molar-refractivity contribution in [3.63, 3.8) is 0 Å². The molecule has 0 bridgehead atoms. The molecule has 0 aromatic rings. The second kappa shape index (κ2) is 8.03. The van der Waals surface area contributed by atoms with Crippen LogP contribution in [0.1, 0.15) is 32.1 Å². The summed E-state index contributed by atoms with van der Waals surface area (Å²) in [5, 5.41) is 8.89. The van der Waals surface area contributed by atoms with Gasteiger partial charge >= 0.3 is 12.0 Å². The molecule has 140 valence electrons. The van der Waals surface area contributed by atoms with Gasteiger partial charge in [-0.05, 0) is 25.7 Å². The molecule has 0 aromatic heterocycles. The number of piperidine rings is 1. The van der Waals surface area contributed by atoms with E-state index in [2.05, 4.69) is 0 Å². The van der Waals surface area contributed by atoms with Gasteiger partial charge in [-0.1, -0.05) is 0 Å². The highest BCUT2D eigenvalue weighted by Gasteiger charge is 2.34. The summed E-state index contributed by atoms with van der Waals surface area (Å²) >= 11 is 0. The Hall–Kier alpha value is -1.83. The summed E-state index contributed by atoms with van der Waals surface area (Å²) in [4.78, 5) is 41.5. The first kappa shape index (κ1) is 18.0. The zero-order chi connectivity index (χ0) is 17.8. The smallest absolute Gasteiger partial charge is 0.319 e. The minimum Gasteiger partial charge on any atom is -0.481 e. The first-order chi connectivity index (χ1) is 12.0. The number of aliphatic carboxylic acids is 1. The number of likely N-dealkylation sites (tertiary alicyclic amines) is 2. The largest absolute Gasteiger partial charge is 0.481 e. The van der Waals surface area contributed by atoms with Gasteiger partial charge < -0.3 is 24.5 Å². The summed E-state index contributed by atoms with van der Waals surface area (Å²) in [5.41, 5.74) is 0. The zero-order valence-corrected chi connectivity index (χ0v) is 14.6. The van der Waals surface area contributed by atoms with Crippen molar-refractivity contribution in [2.75, 3.05) is 45.9 Å². The van der Waals surface area contributed by atoms with Gasteiger partial charge in [0.2, 0.25) is 5.91 Å². The van der Waals surface area contributed by atoms with E-state index in [1.807, 2.05) is 9.80 Å². The molecule has 3 amide bonds. The molecular formula is C17H27N3O5. The fourth-order valence-corrected chi connectivity index (χ4v) is 3.92. The molecule has 1 unspecified atom stereocenters. The molecule has 1 N–H and O–H groups in total. The van der Waals surface area contributed by atoms with Crippen molar-refractivity contribution in [3.8, 4) is 0 Å². The number of urea groups is 1. The Kier molecular flexibility index (Phi) is 5.78. The van der Waals surface area contributed by atoms with Crippen LogP contribution in [0.4, 0.5) is 4.79 Å². The van der Waals surface area contributed by atoms with Crippen LogP contribution in [0.25, 0.3) is 0 Å². The number of carbonyl (C=O) groups is 3. The van der Waals surface area contributed by atoms with Crippen molar-refractivity contribution in [2.24, 2.45) is 5.92 Å². The van der Waals surface area contributed by atoms with E-state index >= 15 is 0 Å². The molecule has 3 aliphatic rings. The molecule has 3 saturated heterocycles. The fourth-order valence-electron chi connectivity index (χ4n) is 3.92. The Morgan fingerprint density at radius 3 is 2.20 bits per heavy atom. The normalized spacial score (nSPS) is 25.3. The molecule has 3 rings (SSSR count). The van der Waals surface area contributed by atoms with Crippen LogP contribution >= 0.6 is 0 Å². The van der Waals surface area contributed by atoms with E-state index < -0.39 is 12.1 Å². The molecule has 0 spiro atoms. The van der Waals surface area contributed by atoms with Gasteiger partial charge in [-0.2, -0.15) is 0 Å². The van der Waals surface area contributed by atoms with Crippen LogP contribution in [0.3, 0.4) is 0 Å². The lowest BCUT2D eigenvalue weighted by Crippen LogP contribution is -2.51. The van der Waals surface area contributed by atoms with Gasteiger partial charge in [0.1, 0.15) is 0 Å². The van der Waals surface area contributed by atoms with Gasteiger partial charge in [0.05, 0.1) is 19.1 Å². The maximum Gasteiger partial charge on any atom is 0.319 e. The first-order valence-corrected chi connectivity index (χ1v) is 9.20. The number of hydrogen-bond donors (Lipinski definition) is 1. The molecule has 8 heteroatoms. The SMILES string of the molecule is O=C(O)CC1CN(C(=O)C2CCN(C(=O)N3CCCC3)CC2)CCO1. The third kappa shape index (κ3) is 4.42. The number of ether oxygens (including phenoxy) is 1. The number of morpholine rings is 1. The molecule has 0 radical (unpaired) electrons. The van der Waals surface area contributed by atoms with Crippen molar-refractivity contribution < 1.29 is 24.2 Å². The Morgan fingerprint density at radius 2 is 1.56 bits per heavy atom. The lowest BCUT2D eigenvalue weighted by molar-refractivity contribution is -0.150. The summed E-state index contributed by atoms with van der Waals surface area (Å²) in [5.74, 6) is -0.911. The maximum atomic E-state index is 12.7. The minimum atomic E-state index is -0.909. The predicted octanol–water partition coefficient (Wildman–Crippen LogP) is 0.616. The van der Waals surface area contributed by atoms with E-state index in [1.54, 1.807) is 4.90 Å². The maximum absolute atomic E-state index is 12.7. The monoisotopic (exact) mass is 353 g/mol. The van der Waals surface area contributed by atoms with E-state index in [4.69, 9.17) is 9.84 Å². The van der Waals surface area contributed by atoms with E-state index in [1.165, 1.54) is 0 Å². The molecule has 0 aromatic carbocycles. The van der Waals surface area contributed by atoms with Crippen LogP contribution in [-0.2, 0) is 14.3 Å². The zero-order valence-electron chi connectivity index (χ0n) is 14.6.